The average Bonchev–Trinajstić information content (AvgIpc) is 3.08. The first-order valence-corrected chi connectivity index (χ1v) is 7.78. The van der Waals surface area contributed by atoms with Crippen LogP contribution in [0.2, 0.25) is 0 Å². The van der Waals surface area contributed by atoms with Gasteiger partial charge in [-0.05, 0) is 56.0 Å². The van der Waals surface area contributed by atoms with E-state index in [1.165, 1.54) is 19.0 Å². The zero-order valence-electron chi connectivity index (χ0n) is 13.1. The molecule has 1 heterocycles. The highest BCUT2D eigenvalue weighted by atomic mass is 16.5. The highest BCUT2D eigenvalue weighted by Crippen LogP contribution is 2.34. The van der Waals surface area contributed by atoms with Crippen LogP contribution >= 0.6 is 0 Å². The van der Waals surface area contributed by atoms with Crippen molar-refractivity contribution in [2.24, 2.45) is 5.73 Å². The van der Waals surface area contributed by atoms with Gasteiger partial charge in [-0.3, -0.25) is 9.78 Å². The van der Waals surface area contributed by atoms with Crippen molar-refractivity contribution in [2.75, 3.05) is 7.11 Å². The number of pyridine rings is 1. The average molecular weight is 312 g/mol. The number of ether oxygens (including phenoxy) is 2. The first kappa shape index (κ1) is 15.3. The van der Waals surface area contributed by atoms with Gasteiger partial charge in [-0.1, -0.05) is 0 Å². The molecule has 5 heteroatoms. The van der Waals surface area contributed by atoms with Gasteiger partial charge in [-0.25, -0.2) is 0 Å². The van der Waals surface area contributed by atoms with E-state index in [0.29, 0.717) is 5.56 Å². The molecule has 0 aliphatic heterocycles. The van der Waals surface area contributed by atoms with Crippen LogP contribution in [0.4, 0.5) is 0 Å². The van der Waals surface area contributed by atoms with Crippen LogP contribution < -0.4 is 15.2 Å². The maximum atomic E-state index is 11.1. The van der Waals surface area contributed by atoms with E-state index in [-0.39, 0.29) is 6.10 Å². The Bertz CT molecular complexity index is 692. The molecule has 0 spiro atoms. The molecule has 1 amide bonds. The number of methoxy groups -OCH3 is 1. The number of hydrogen-bond acceptors (Lipinski definition) is 4. The number of benzene rings is 1. The van der Waals surface area contributed by atoms with Crippen LogP contribution in [0.1, 0.15) is 36.0 Å². The zero-order valence-corrected chi connectivity index (χ0v) is 13.1. The maximum Gasteiger partial charge on any atom is 0.250 e. The molecule has 5 nitrogen and oxygen atoms in total. The van der Waals surface area contributed by atoms with E-state index in [9.17, 15) is 4.79 Å². The fraction of sp³-hybridized carbons (Fsp3) is 0.333. The van der Waals surface area contributed by atoms with E-state index in [4.69, 9.17) is 15.2 Å². The lowest BCUT2D eigenvalue weighted by Crippen LogP contribution is -2.12. The number of hydrogen-bond donors (Lipinski definition) is 1. The van der Waals surface area contributed by atoms with Crippen LogP contribution in [-0.4, -0.2) is 24.1 Å². The van der Waals surface area contributed by atoms with E-state index in [2.05, 4.69) is 4.98 Å². The summed E-state index contributed by atoms with van der Waals surface area (Å²) in [6.45, 7) is 0. The van der Waals surface area contributed by atoms with Crippen molar-refractivity contribution >= 4 is 5.91 Å². The Labute approximate surface area is 135 Å². The molecule has 3 rings (SSSR count). The van der Waals surface area contributed by atoms with Crippen LogP contribution in [0.5, 0.6) is 11.5 Å². The second kappa shape index (κ2) is 6.69. The third-order valence-electron chi connectivity index (χ3n) is 4.10. The van der Waals surface area contributed by atoms with Crippen molar-refractivity contribution in [2.45, 2.75) is 31.8 Å². The van der Waals surface area contributed by atoms with Crippen molar-refractivity contribution in [1.29, 1.82) is 0 Å². The van der Waals surface area contributed by atoms with Gasteiger partial charge in [0.15, 0.2) is 11.5 Å². The summed E-state index contributed by atoms with van der Waals surface area (Å²) in [5.41, 5.74) is 7.30. The fourth-order valence-electron chi connectivity index (χ4n) is 2.82. The predicted octanol–water partition coefficient (Wildman–Crippen LogP) is 3.18. The lowest BCUT2D eigenvalue weighted by atomic mass is 10.1. The molecular formula is C18H20N2O3. The summed E-state index contributed by atoms with van der Waals surface area (Å²) in [6, 6.07) is 9.19. The molecule has 1 fully saturated rings. The molecule has 1 aromatic carbocycles. The van der Waals surface area contributed by atoms with Crippen molar-refractivity contribution in [3.63, 3.8) is 0 Å². The first-order valence-electron chi connectivity index (χ1n) is 7.78. The summed E-state index contributed by atoms with van der Waals surface area (Å²) in [6.07, 6.45) is 6.33. The summed E-state index contributed by atoms with van der Waals surface area (Å²) < 4.78 is 11.5. The Balaban J connectivity index is 1.88. The number of nitrogens with zero attached hydrogens (tertiary/aromatic N) is 1. The van der Waals surface area contributed by atoms with E-state index >= 15 is 0 Å². The molecule has 0 unspecified atom stereocenters. The lowest BCUT2D eigenvalue weighted by molar-refractivity contribution is 0.1000. The van der Waals surface area contributed by atoms with Crippen molar-refractivity contribution < 1.29 is 14.3 Å². The van der Waals surface area contributed by atoms with E-state index in [1.807, 2.05) is 18.2 Å². The van der Waals surface area contributed by atoms with Gasteiger partial charge in [0, 0.05) is 11.8 Å². The summed E-state index contributed by atoms with van der Waals surface area (Å²) in [5.74, 6) is 0.969. The number of rotatable bonds is 5. The minimum absolute atomic E-state index is 0.254. The topological polar surface area (TPSA) is 74.4 Å². The Morgan fingerprint density at radius 2 is 1.96 bits per heavy atom. The van der Waals surface area contributed by atoms with Gasteiger partial charge in [-0.15, -0.1) is 0 Å². The van der Waals surface area contributed by atoms with Gasteiger partial charge in [0.25, 0.3) is 0 Å². The molecule has 23 heavy (non-hydrogen) atoms. The maximum absolute atomic E-state index is 11.1. The van der Waals surface area contributed by atoms with Gasteiger partial charge in [0.05, 0.1) is 24.5 Å². The highest BCUT2D eigenvalue weighted by molar-refractivity contribution is 5.92. The number of nitrogens with two attached hydrogens (primary N) is 1. The fourth-order valence-corrected chi connectivity index (χ4v) is 2.82. The number of aromatic nitrogens is 1. The van der Waals surface area contributed by atoms with Crippen LogP contribution in [0.15, 0.2) is 36.5 Å². The molecule has 0 saturated heterocycles. The summed E-state index contributed by atoms with van der Waals surface area (Å²) in [7, 11) is 1.64. The summed E-state index contributed by atoms with van der Waals surface area (Å²) >= 11 is 0. The Morgan fingerprint density at radius 1 is 1.17 bits per heavy atom. The molecule has 1 aromatic heterocycles. The molecule has 0 bridgehead atoms. The summed E-state index contributed by atoms with van der Waals surface area (Å²) in [4.78, 5) is 15.4. The smallest absolute Gasteiger partial charge is 0.250 e. The van der Waals surface area contributed by atoms with Crippen LogP contribution in [-0.2, 0) is 0 Å². The van der Waals surface area contributed by atoms with Crippen LogP contribution in [0.25, 0.3) is 11.3 Å². The molecule has 1 aliphatic carbocycles. The molecular weight excluding hydrogens is 292 g/mol. The van der Waals surface area contributed by atoms with Gasteiger partial charge in [0.2, 0.25) is 5.91 Å². The normalized spacial score (nSPS) is 14.7. The van der Waals surface area contributed by atoms with Gasteiger partial charge in [0.1, 0.15) is 0 Å². The van der Waals surface area contributed by atoms with Crippen LogP contribution in [0, 0.1) is 0 Å². The van der Waals surface area contributed by atoms with Gasteiger partial charge in [-0.2, -0.15) is 0 Å². The van der Waals surface area contributed by atoms with E-state index in [0.717, 1.165) is 35.6 Å². The standard InChI is InChI=1S/C18H20N2O3/c1-22-16-9-7-12(10-17(16)23-14-4-2-3-5-14)15-8-6-13(11-20-15)18(19)21/h6-11,14H,2-5H2,1H3,(H2,19,21). The molecule has 0 atom stereocenters. The molecule has 120 valence electrons. The molecule has 1 saturated carbocycles. The van der Waals surface area contributed by atoms with E-state index < -0.39 is 5.91 Å². The zero-order chi connectivity index (χ0) is 16.2. The number of carbonyl (C=O) groups excluding carboxylic acids is 1. The Kier molecular flexibility index (Phi) is 4.46. The van der Waals surface area contributed by atoms with Crippen molar-refractivity contribution in [3.8, 4) is 22.8 Å². The minimum atomic E-state index is -0.482. The third-order valence-corrected chi connectivity index (χ3v) is 4.10. The molecule has 2 aromatic rings. The molecule has 2 N–H and O–H groups in total. The lowest BCUT2D eigenvalue weighted by Gasteiger charge is -2.16. The third kappa shape index (κ3) is 3.44. The first-order chi connectivity index (χ1) is 11.2. The Hall–Kier alpha value is -2.56. The second-order valence-corrected chi connectivity index (χ2v) is 5.69. The SMILES string of the molecule is COc1ccc(-c2ccc(C(N)=O)cn2)cc1OC1CCCC1. The van der Waals surface area contributed by atoms with Gasteiger partial charge >= 0.3 is 0 Å². The van der Waals surface area contributed by atoms with Gasteiger partial charge < -0.3 is 15.2 Å². The monoisotopic (exact) mass is 312 g/mol. The number of carbonyl (C=O) groups is 1. The van der Waals surface area contributed by atoms with Crippen molar-refractivity contribution in [1.82, 2.24) is 4.98 Å². The largest absolute Gasteiger partial charge is 0.493 e. The summed E-state index contributed by atoms with van der Waals surface area (Å²) in [5, 5.41) is 0. The highest BCUT2D eigenvalue weighted by Gasteiger charge is 2.19. The molecule has 0 radical (unpaired) electrons. The predicted molar refractivity (Wildman–Crippen MR) is 87.6 cm³/mol. The van der Waals surface area contributed by atoms with Crippen molar-refractivity contribution in [3.05, 3.63) is 42.1 Å². The molecule has 1 aliphatic rings. The Morgan fingerprint density at radius 3 is 2.57 bits per heavy atom. The second-order valence-electron chi connectivity index (χ2n) is 5.69. The minimum Gasteiger partial charge on any atom is -0.493 e. The van der Waals surface area contributed by atoms with Crippen LogP contribution in [0.3, 0.4) is 0 Å². The number of primary amides is 1. The number of amides is 1. The quantitative estimate of drug-likeness (QED) is 0.920. The van der Waals surface area contributed by atoms with E-state index in [1.54, 1.807) is 19.2 Å².